The predicted octanol–water partition coefficient (Wildman–Crippen LogP) is 20.0. The van der Waals surface area contributed by atoms with Crippen molar-refractivity contribution in [3.05, 3.63) is 321 Å². The van der Waals surface area contributed by atoms with E-state index in [4.69, 9.17) is 53.0 Å². The highest BCUT2D eigenvalue weighted by molar-refractivity contribution is 7.86. The van der Waals surface area contributed by atoms with Gasteiger partial charge in [0, 0.05) is 35.3 Å². The molecule has 11 aromatic rings. The first-order valence-electron chi connectivity index (χ1n) is 38.3. The molecule has 11 rings (SSSR count). The molecule has 1 aromatic heterocycles. The summed E-state index contributed by atoms with van der Waals surface area (Å²) in [6.07, 6.45) is 3.49. The van der Waals surface area contributed by atoms with Crippen LogP contribution in [-0.2, 0) is 89.8 Å². The van der Waals surface area contributed by atoms with Crippen LogP contribution >= 0.6 is 15.0 Å². The van der Waals surface area contributed by atoms with Crippen molar-refractivity contribution in [2.75, 3.05) is 37.1 Å². The van der Waals surface area contributed by atoms with Crippen molar-refractivity contribution >= 4 is 97.8 Å². The molecule has 652 valence electrons. The van der Waals surface area contributed by atoms with Gasteiger partial charge in [-0.15, -0.1) is 0 Å². The number of aryl methyl sites for hydroxylation is 8. The molecule has 0 radical (unpaired) electrons. The maximum atomic E-state index is 12.5. The van der Waals surface area contributed by atoms with Gasteiger partial charge in [-0.25, -0.2) is 4.79 Å². The lowest BCUT2D eigenvalue weighted by molar-refractivity contribution is -0.139. The number of benzene rings is 10. The predicted molar refractivity (Wildman–Crippen MR) is 481 cm³/mol. The SMILES string of the molecule is C.CCC(C(=O)O)c1ccc(C)cc1.CCOP(=O)(OCC)c1ccc(NCC(C)C)cc1.CCc1ccc(C(=O)O)cc1.Cc1ccc(CC(=O)O)cc1.Cc1ccc(P(C)(=O)O)cc1.Cc1ccc(S(=O)(=O)O)c2ccccc12.Cc1ccc(S(=O)(=O)O)cc1C.Cc1cccc(CC(=O)O)c1.O=C(O)Cc1ccc(NCc2ccco2)cc1. The number of anilines is 2. The molecule has 0 spiro atoms. The highest BCUT2D eigenvalue weighted by Gasteiger charge is 2.26. The van der Waals surface area contributed by atoms with Gasteiger partial charge in [-0.2, -0.15) is 16.8 Å². The van der Waals surface area contributed by atoms with E-state index in [0.717, 1.165) is 102 Å². The molecule has 24 nitrogen and oxygen atoms in total. The zero-order valence-electron chi connectivity index (χ0n) is 70.1. The van der Waals surface area contributed by atoms with E-state index in [9.17, 15) is 49.9 Å². The summed E-state index contributed by atoms with van der Waals surface area (Å²) >= 11 is 0. The summed E-state index contributed by atoms with van der Waals surface area (Å²) in [5.41, 5.74) is 14.2. The van der Waals surface area contributed by atoms with Crippen molar-refractivity contribution in [2.45, 2.75) is 152 Å². The summed E-state index contributed by atoms with van der Waals surface area (Å²) < 4.78 is 101. The Bertz CT molecular complexity index is 5320. The zero-order chi connectivity index (χ0) is 89.9. The van der Waals surface area contributed by atoms with Gasteiger partial charge < -0.3 is 54.5 Å². The maximum absolute atomic E-state index is 12.5. The van der Waals surface area contributed by atoms with E-state index in [1.807, 2.05) is 215 Å². The van der Waals surface area contributed by atoms with Crippen LogP contribution in [0.15, 0.2) is 257 Å². The Morgan fingerprint density at radius 2 is 0.926 bits per heavy atom. The van der Waals surface area contributed by atoms with Crippen LogP contribution in [0.1, 0.15) is 144 Å². The second-order valence-electron chi connectivity index (χ2n) is 27.9. The number of rotatable bonds is 25. The Kier molecular flexibility index (Phi) is 46.8. The number of carbonyl (C=O) groups is 5. The van der Waals surface area contributed by atoms with Gasteiger partial charge in [-0.1, -0.05) is 203 Å². The normalized spacial score (nSPS) is 11.3. The number of furan rings is 1. The van der Waals surface area contributed by atoms with Crippen molar-refractivity contribution in [3.63, 3.8) is 0 Å². The van der Waals surface area contributed by atoms with Crippen molar-refractivity contribution in [1.29, 1.82) is 0 Å². The minimum Gasteiger partial charge on any atom is -0.481 e. The fraction of sp³-hybridized carbons (Fsp3) is 0.280. The summed E-state index contributed by atoms with van der Waals surface area (Å²) in [6.45, 7) is 28.9. The van der Waals surface area contributed by atoms with Gasteiger partial charge in [0.25, 0.3) is 20.2 Å². The number of hydrogen-bond acceptors (Lipinski definition) is 16. The lowest BCUT2D eigenvalue weighted by atomic mass is 9.96. The molecule has 0 saturated heterocycles. The molecule has 1 heterocycles. The van der Waals surface area contributed by atoms with Gasteiger partial charge in [0.15, 0.2) is 0 Å². The third-order valence-corrected chi connectivity index (χ3v) is 22.4. The lowest BCUT2D eigenvalue weighted by Crippen LogP contribution is -2.12. The highest BCUT2D eigenvalue weighted by atomic mass is 32.2. The van der Waals surface area contributed by atoms with Gasteiger partial charge in [0.05, 0.1) is 67.0 Å². The fourth-order valence-corrected chi connectivity index (χ4v) is 14.1. The van der Waals surface area contributed by atoms with Gasteiger partial charge >= 0.3 is 37.4 Å². The number of hydrogen-bond donors (Lipinski definition) is 10. The third-order valence-electron chi connectivity index (χ3n) is 17.2. The number of aromatic carboxylic acids is 1. The second kappa shape index (κ2) is 53.5. The zero-order valence-corrected chi connectivity index (χ0v) is 73.5. The van der Waals surface area contributed by atoms with E-state index in [1.165, 1.54) is 24.9 Å². The Balaban J connectivity index is 0.000000464. The number of carboxylic acid groups (broad SMARTS) is 5. The highest BCUT2D eigenvalue weighted by Crippen LogP contribution is 2.47. The molecular formula is C93H116N2O22P2S2. The first-order valence-corrected chi connectivity index (χ1v) is 44.8. The summed E-state index contributed by atoms with van der Waals surface area (Å²) in [4.78, 5) is 61.3. The molecule has 0 aliphatic rings. The summed E-state index contributed by atoms with van der Waals surface area (Å²) in [7, 11) is -14.4. The Labute approximate surface area is 712 Å². The molecule has 0 bridgehead atoms. The first kappa shape index (κ1) is 106. The van der Waals surface area contributed by atoms with Gasteiger partial charge in [0.1, 0.15) is 10.7 Å². The van der Waals surface area contributed by atoms with Gasteiger partial charge in [-0.3, -0.25) is 37.4 Å². The minimum absolute atomic E-state index is 0. The minimum atomic E-state index is -4.15. The molecule has 0 saturated carbocycles. The standard InChI is InChI=1S/C14H24NO3P.C13H13NO3.C11H10O3S.C11H14O2.3C9H10O2.C8H10O3S.C8H11O2P.CH4/c1-5-17-19(16,18-6-2)14-9-7-13(8-10-14)15-11-12(3)4;15-13(16)8-10-3-5-11(6-4-10)14-9-12-2-1-7-17-12;1-8-6-7-11(15(12,13)14)10-5-3-2-4-9(8)10;1-3-10(11(12)13)9-6-4-8(2)5-7-9;1-7-2-4-8(5-3-7)6-9(10)11;1-7-3-2-4-8(5-7)6-9(10)11;1-2-7-3-5-8(6-4-7)9(10)11;1-6-3-4-8(5-7(6)2)12(9,10)11;1-7-3-5-8(6-4-7)11(2,9)10;/h7-10,12,15H,5-6,11H2,1-4H3;1-7,14H,8-9H2,(H,15,16);2-7H,1H3,(H,12,13,14);4-7,10H,3H2,1-2H3,(H,12,13);2*2-5H,6H2,1H3,(H,10,11);3-6H,2H2,1H3,(H,10,11);3-5H,1-2H3,(H,9,10,11);3-6H,1-2H3,(H,9,10);1H4. The first-order chi connectivity index (χ1) is 56.4. The molecule has 0 aliphatic carbocycles. The largest absolute Gasteiger partial charge is 0.481 e. The smallest absolute Gasteiger partial charge is 0.361 e. The van der Waals surface area contributed by atoms with Crippen LogP contribution in [0.25, 0.3) is 10.8 Å². The molecule has 0 amide bonds. The van der Waals surface area contributed by atoms with E-state index in [1.54, 1.807) is 86.0 Å². The molecule has 2 atom stereocenters. The quantitative estimate of drug-likeness (QED) is 0.0188. The number of carboxylic acids is 5. The molecule has 10 aromatic carbocycles. The van der Waals surface area contributed by atoms with E-state index in [2.05, 4.69) is 24.5 Å². The fourth-order valence-electron chi connectivity index (χ4n) is 10.6. The number of fused-ring (bicyclic) bond motifs is 1. The summed E-state index contributed by atoms with van der Waals surface area (Å²) in [6, 6.07) is 69.9. The van der Waals surface area contributed by atoms with Crippen LogP contribution in [0.3, 0.4) is 0 Å². The molecule has 10 N–H and O–H groups in total. The lowest BCUT2D eigenvalue weighted by Gasteiger charge is -2.17. The van der Waals surface area contributed by atoms with E-state index in [0.29, 0.717) is 53.7 Å². The number of aliphatic carboxylic acids is 4. The van der Waals surface area contributed by atoms with Crippen LogP contribution in [0.2, 0.25) is 0 Å². The third kappa shape index (κ3) is 41.6. The van der Waals surface area contributed by atoms with Gasteiger partial charge in [0.2, 0.25) is 7.37 Å². The Hall–Kier alpha value is -11.2. The molecular weight excluding hydrogens is 1620 g/mol. The molecule has 28 heteroatoms. The van der Waals surface area contributed by atoms with Crippen molar-refractivity contribution in [1.82, 2.24) is 0 Å². The summed E-state index contributed by atoms with van der Waals surface area (Å²) in [5.74, 6) is -2.91. The monoisotopic (exact) mass is 1740 g/mol. The molecule has 0 fully saturated rings. The van der Waals surface area contributed by atoms with Crippen LogP contribution in [0, 0.1) is 54.4 Å². The van der Waals surface area contributed by atoms with E-state index < -0.39 is 65.0 Å². The second-order valence-corrected chi connectivity index (χ2v) is 35.0. The number of nitrogens with one attached hydrogen (secondary N) is 2. The molecule has 121 heavy (non-hydrogen) atoms. The maximum Gasteiger partial charge on any atom is 0.361 e. The van der Waals surface area contributed by atoms with Crippen molar-refractivity contribution in [2.24, 2.45) is 5.92 Å². The average Bonchev–Trinajstić information content (AvgIpc) is 0.918. The Morgan fingerprint density at radius 1 is 0.463 bits per heavy atom. The van der Waals surface area contributed by atoms with E-state index >= 15 is 0 Å². The van der Waals surface area contributed by atoms with Crippen LogP contribution < -0.4 is 21.2 Å². The molecule has 0 aliphatic heterocycles. The Morgan fingerprint density at radius 3 is 1.36 bits per heavy atom. The molecule has 2 unspecified atom stereocenters. The van der Waals surface area contributed by atoms with Crippen LogP contribution in [0.5, 0.6) is 0 Å². The van der Waals surface area contributed by atoms with Crippen LogP contribution in [0.4, 0.5) is 11.4 Å². The van der Waals surface area contributed by atoms with E-state index in [-0.39, 0.29) is 42.4 Å². The topological polar surface area (TPSA) is 405 Å². The van der Waals surface area contributed by atoms with Crippen molar-refractivity contribution < 1.29 is 103 Å². The van der Waals surface area contributed by atoms with Gasteiger partial charge in [-0.05, 0) is 222 Å². The summed E-state index contributed by atoms with van der Waals surface area (Å²) in [5, 5.41) is 52.0. The van der Waals surface area contributed by atoms with Crippen LogP contribution in [-0.4, -0.2) is 113 Å². The van der Waals surface area contributed by atoms with Crippen molar-refractivity contribution in [3.8, 4) is 0 Å². The average molecular weight is 1740 g/mol.